The Kier molecular flexibility index (Phi) is 23.9. The zero-order valence-corrected chi connectivity index (χ0v) is 27.9. The zero-order chi connectivity index (χ0) is 31.5. The van der Waals surface area contributed by atoms with Gasteiger partial charge in [0.15, 0.2) is 6.23 Å². The summed E-state index contributed by atoms with van der Waals surface area (Å²) in [5.74, 6) is -0.525. The molecule has 1 aliphatic heterocycles. The van der Waals surface area contributed by atoms with Crippen LogP contribution in [0.4, 0.5) is 9.59 Å². The predicted molar refractivity (Wildman–Crippen MR) is 171 cm³/mol. The van der Waals surface area contributed by atoms with Gasteiger partial charge in [0.25, 0.3) is 0 Å². The van der Waals surface area contributed by atoms with Crippen molar-refractivity contribution in [2.45, 2.75) is 168 Å². The maximum Gasteiger partial charge on any atom is 0.412 e. The van der Waals surface area contributed by atoms with Crippen LogP contribution in [0.2, 0.25) is 0 Å². The Morgan fingerprint density at radius 1 is 0.884 bits per heavy atom. The summed E-state index contributed by atoms with van der Waals surface area (Å²) in [7, 11) is 1.26. The number of methoxy groups -OCH3 is 1. The maximum absolute atomic E-state index is 12.9. The third-order valence-electron chi connectivity index (χ3n) is 8.03. The van der Waals surface area contributed by atoms with Crippen molar-refractivity contribution in [2.24, 2.45) is 0 Å². The van der Waals surface area contributed by atoms with Gasteiger partial charge in [-0.3, -0.25) is 4.90 Å². The van der Waals surface area contributed by atoms with Gasteiger partial charge in [0, 0.05) is 13.2 Å². The Morgan fingerprint density at radius 2 is 1.47 bits per heavy atom. The number of hydrogen-bond acceptors (Lipinski definition) is 7. The van der Waals surface area contributed by atoms with E-state index >= 15 is 0 Å². The molecule has 1 fully saturated rings. The van der Waals surface area contributed by atoms with Gasteiger partial charge in [-0.1, -0.05) is 110 Å². The molecule has 1 N–H and O–H groups in total. The molecule has 1 rings (SSSR count). The molecule has 0 aromatic carbocycles. The number of ether oxygens (including phenoxy) is 4. The normalized spacial score (nSPS) is 17.2. The maximum atomic E-state index is 12.9. The molecule has 43 heavy (non-hydrogen) atoms. The van der Waals surface area contributed by atoms with Gasteiger partial charge in [-0.15, -0.1) is 0 Å². The first kappa shape index (κ1) is 39.0. The highest BCUT2D eigenvalue weighted by molar-refractivity contribution is 5.81. The van der Waals surface area contributed by atoms with E-state index < -0.39 is 36.5 Å². The molecule has 3 atom stereocenters. The quantitative estimate of drug-likeness (QED) is 0.0627. The average molecular weight is 612 g/mol. The number of unbranched alkanes of at least 4 members (excludes halogenated alkanes) is 16. The standard InChI is InChI=1S/C34H63N2O7/c1-5-8-10-11-12-13-14-15-16-17-18-19-20-21-23-27-35-33(38)43-30-26-24-28-42-31(30)36(34(39)40-4)29(25-22-9-6-2)32(37)41-7-3/h9,29-31H,5-8,10-28H2,1-4H3,(H,35,38). The van der Waals surface area contributed by atoms with Crippen molar-refractivity contribution in [3.05, 3.63) is 6.42 Å². The molecular weight excluding hydrogens is 548 g/mol. The second-order valence-corrected chi connectivity index (χ2v) is 11.6. The van der Waals surface area contributed by atoms with Crippen LogP contribution >= 0.6 is 0 Å². The second kappa shape index (κ2) is 26.4. The number of hydrogen-bond donors (Lipinski definition) is 1. The number of amides is 2. The van der Waals surface area contributed by atoms with Gasteiger partial charge in [-0.25, -0.2) is 14.4 Å². The summed E-state index contributed by atoms with van der Waals surface area (Å²) in [4.78, 5) is 39.7. The minimum atomic E-state index is -0.936. The second-order valence-electron chi connectivity index (χ2n) is 11.6. The first-order chi connectivity index (χ1) is 21.0. The molecule has 3 unspecified atom stereocenters. The van der Waals surface area contributed by atoms with E-state index in [9.17, 15) is 14.4 Å². The Hall–Kier alpha value is -2.03. The summed E-state index contributed by atoms with van der Waals surface area (Å²) in [6, 6.07) is -0.909. The number of nitrogens with zero attached hydrogens (tertiary/aromatic N) is 1. The number of rotatable bonds is 25. The minimum absolute atomic E-state index is 0.189. The average Bonchev–Trinajstić information content (AvgIpc) is 3.01. The van der Waals surface area contributed by atoms with Crippen molar-refractivity contribution >= 4 is 18.2 Å². The van der Waals surface area contributed by atoms with Gasteiger partial charge in [0.1, 0.15) is 12.1 Å². The molecule has 0 bridgehead atoms. The van der Waals surface area contributed by atoms with E-state index in [1.165, 1.54) is 95.5 Å². The first-order valence-corrected chi connectivity index (χ1v) is 17.4. The zero-order valence-electron chi connectivity index (χ0n) is 27.9. The van der Waals surface area contributed by atoms with Crippen LogP contribution in [0.1, 0.15) is 149 Å². The minimum Gasteiger partial charge on any atom is -0.464 e. The van der Waals surface area contributed by atoms with Crippen LogP contribution in [0, 0.1) is 6.42 Å². The predicted octanol–water partition coefficient (Wildman–Crippen LogP) is 8.48. The van der Waals surface area contributed by atoms with Crippen molar-refractivity contribution < 1.29 is 33.3 Å². The van der Waals surface area contributed by atoms with E-state index in [0.717, 1.165) is 19.3 Å². The van der Waals surface area contributed by atoms with Crippen LogP contribution in [0.5, 0.6) is 0 Å². The van der Waals surface area contributed by atoms with Crippen LogP contribution in [-0.2, 0) is 23.7 Å². The van der Waals surface area contributed by atoms with Gasteiger partial charge < -0.3 is 24.3 Å². The third kappa shape index (κ3) is 17.8. The summed E-state index contributed by atoms with van der Waals surface area (Å²) in [6.45, 7) is 7.12. The van der Waals surface area contributed by atoms with Crippen LogP contribution < -0.4 is 5.32 Å². The van der Waals surface area contributed by atoms with Gasteiger partial charge in [0.2, 0.25) is 0 Å². The van der Waals surface area contributed by atoms with E-state index in [-0.39, 0.29) is 6.61 Å². The van der Waals surface area contributed by atoms with Crippen LogP contribution in [0.15, 0.2) is 0 Å². The van der Waals surface area contributed by atoms with Crippen molar-refractivity contribution in [1.82, 2.24) is 10.2 Å². The smallest absolute Gasteiger partial charge is 0.412 e. The number of esters is 1. The van der Waals surface area contributed by atoms with Gasteiger partial charge in [-0.05, 0) is 45.4 Å². The molecule has 1 aliphatic rings. The number of carbonyl (C=O) groups excluding carboxylic acids is 3. The molecule has 9 nitrogen and oxygen atoms in total. The summed E-state index contributed by atoms with van der Waals surface area (Å²) in [5.41, 5.74) is 0. The Balaban J connectivity index is 2.39. The fraction of sp³-hybridized carbons (Fsp3) is 0.882. The molecule has 251 valence electrons. The molecular formula is C34H63N2O7. The molecule has 1 radical (unpaired) electrons. The summed E-state index contributed by atoms with van der Waals surface area (Å²) < 4.78 is 22.0. The third-order valence-corrected chi connectivity index (χ3v) is 8.03. The first-order valence-electron chi connectivity index (χ1n) is 17.4. The molecule has 0 aromatic rings. The van der Waals surface area contributed by atoms with E-state index in [2.05, 4.69) is 12.2 Å². The lowest BCUT2D eigenvalue weighted by Crippen LogP contribution is -2.58. The van der Waals surface area contributed by atoms with Crippen LogP contribution in [0.3, 0.4) is 0 Å². The Morgan fingerprint density at radius 3 is 2.00 bits per heavy atom. The van der Waals surface area contributed by atoms with E-state index in [1.807, 2.05) is 13.3 Å². The molecule has 1 saturated heterocycles. The fourth-order valence-corrected chi connectivity index (χ4v) is 5.58. The molecule has 9 heteroatoms. The molecule has 2 amide bonds. The van der Waals surface area contributed by atoms with Gasteiger partial charge >= 0.3 is 18.2 Å². The fourth-order valence-electron chi connectivity index (χ4n) is 5.58. The van der Waals surface area contributed by atoms with E-state index in [4.69, 9.17) is 18.9 Å². The lowest BCUT2D eigenvalue weighted by Gasteiger charge is -2.41. The van der Waals surface area contributed by atoms with Gasteiger partial charge in [0.05, 0.1) is 13.7 Å². The van der Waals surface area contributed by atoms with Crippen LogP contribution in [-0.4, -0.2) is 68.3 Å². The van der Waals surface area contributed by atoms with E-state index in [0.29, 0.717) is 38.8 Å². The van der Waals surface area contributed by atoms with Gasteiger partial charge in [-0.2, -0.15) is 0 Å². The highest BCUT2D eigenvalue weighted by atomic mass is 16.6. The molecule has 1 heterocycles. The van der Waals surface area contributed by atoms with E-state index in [1.54, 1.807) is 6.92 Å². The van der Waals surface area contributed by atoms with Crippen molar-refractivity contribution in [2.75, 3.05) is 26.9 Å². The lowest BCUT2D eigenvalue weighted by atomic mass is 10.0. The summed E-state index contributed by atoms with van der Waals surface area (Å²) >= 11 is 0. The largest absolute Gasteiger partial charge is 0.464 e. The number of nitrogens with one attached hydrogen (secondary N) is 1. The Labute approximate surface area is 262 Å². The van der Waals surface area contributed by atoms with Crippen molar-refractivity contribution in [1.29, 1.82) is 0 Å². The molecule has 0 aliphatic carbocycles. The number of alkyl carbamates (subject to hydrolysis) is 1. The SMILES string of the molecule is CC[CH]CCC(C(=O)OCC)N(C(=O)OC)C1OCCCC1OC(=O)NCCCCCCCCCCCCCCCCC. The highest BCUT2D eigenvalue weighted by Gasteiger charge is 2.43. The number of carbonyl (C=O) groups is 3. The Bertz CT molecular complexity index is 721. The molecule has 0 spiro atoms. The monoisotopic (exact) mass is 611 g/mol. The molecule has 0 saturated carbocycles. The molecule has 0 aromatic heterocycles. The topological polar surface area (TPSA) is 103 Å². The highest BCUT2D eigenvalue weighted by Crippen LogP contribution is 2.26. The summed E-state index contributed by atoms with van der Waals surface area (Å²) in [5, 5.41) is 2.85. The van der Waals surface area contributed by atoms with Crippen LogP contribution in [0.25, 0.3) is 0 Å². The van der Waals surface area contributed by atoms with Crippen molar-refractivity contribution in [3.8, 4) is 0 Å². The van der Waals surface area contributed by atoms with Crippen molar-refractivity contribution in [3.63, 3.8) is 0 Å². The lowest BCUT2D eigenvalue weighted by molar-refractivity contribution is -0.172. The summed E-state index contributed by atoms with van der Waals surface area (Å²) in [6.07, 6.45) is 21.5.